The van der Waals surface area contributed by atoms with E-state index in [2.05, 4.69) is 47.6 Å². The maximum Gasteiger partial charge on any atom is 0.161 e. The Hall–Kier alpha value is -3.10. The zero-order valence-electron chi connectivity index (χ0n) is 22.0. The summed E-state index contributed by atoms with van der Waals surface area (Å²) in [6.07, 6.45) is 1.92. The maximum atomic E-state index is 10.3. The molecule has 3 aromatic rings. The lowest BCUT2D eigenvalue weighted by Gasteiger charge is -2.37. The third-order valence-electron chi connectivity index (χ3n) is 6.57. The number of methoxy groups -OCH3 is 1. The second-order valence-electron chi connectivity index (χ2n) is 9.53. The van der Waals surface area contributed by atoms with Crippen molar-refractivity contribution < 1.29 is 14.6 Å². The number of aryl methyl sites for hydroxylation is 1. The van der Waals surface area contributed by atoms with Gasteiger partial charge >= 0.3 is 0 Å². The van der Waals surface area contributed by atoms with E-state index in [0.717, 1.165) is 55.2 Å². The van der Waals surface area contributed by atoms with Crippen LogP contribution in [0.5, 0.6) is 0 Å². The topological polar surface area (TPSA) is 71.0 Å². The molecular weight excluding hydrogens is 464 g/mol. The van der Waals surface area contributed by atoms with Crippen molar-refractivity contribution in [2.75, 3.05) is 57.9 Å². The van der Waals surface area contributed by atoms with Gasteiger partial charge in [-0.05, 0) is 12.5 Å². The molecule has 0 amide bonds. The van der Waals surface area contributed by atoms with Gasteiger partial charge in [-0.25, -0.2) is 9.97 Å². The zero-order valence-corrected chi connectivity index (χ0v) is 22.0. The second-order valence-corrected chi connectivity index (χ2v) is 9.53. The second kappa shape index (κ2) is 13.4. The molecule has 1 aromatic heterocycles. The number of anilines is 1. The highest BCUT2D eigenvalue weighted by Gasteiger charge is 2.25. The summed E-state index contributed by atoms with van der Waals surface area (Å²) in [4.78, 5) is 14.7. The van der Waals surface area contributed by atoms with Gasteiger partial charge in [-0.1, -0.05) is 66.2 Å². The van der Waals surface area contributed by atoms with Crippen LogP contribution in [0, 0.1) is 6.92 Å². The van der Waals surface area contributed by atoms with Crippen LogP contribution in [0.15, 0.2) is 67.3 Å². The van der Waals surface area contributed by atoms with E-state index in [1.165, 1.54) is 11.1 Å². The molecule has 0 unspecified atom stereocenters. The molecule has 0 spiro atoms. The number of β-amino-alcohol motifs (C(OH)–C–C–N with tert-alkyl or cyclic N) is 1. The SMILES string of the molecule is C=CCOC[C@H](O)CN1CCN(c2nc(-c3ccccc3)nc(COC)c2Cc2ccc(C)cc2)CC1. The fourth-order valence-corrected chi connectivity index (χ4v) is 4.62. The minimum absolute atomic E-state index is 0.319. The van der Waals surface area contributed by atoms with Crippen LogP contribution in [-0.2, 0) is 22.5 Å². The Kier molecular flexibility index (Phi) is 9.79. The van der Waals surface area contributed by atoms with Crippen molar-refractivity contribution in [1.29, 1.82) is 0 Å². The summed E-state index contributed by atoms with van der Waals surface area (Å²) in [5, 5.41) is 10.3. The van der Waals surface area contributed by atoms with E-state index in [1.807, 2.05) is 30.3 Å². The molecule has 1 aliphatic heterocycles. The Morgan fingerprint density at radius 1 is 1.03 bits per heavy atom. The molecule has 0 aliphatic carbocycles. The number of rotatable bonds is 12. The highest BCUT2D eigenvalue weighted by atomic mass is 16.5. The number of nitrogens with zero attached hydrogens (tertiary/aromatic N) is 4. The van der Waals surface area contributed by atoms with E-state index < -0.39 is 6.10 Å². The molecule has 7 nitrogen and oxygen atoms in total. The van der Waals surface area contributed by atoms with Crippen LogP contribution in [0.25, 0.3) is 11.4 Å². The van der Waals surface area contributed by atoms with E-state index in [4.69, 9.17) is 19.4 Å². The van der Waals surface area contributed by atoms with Crippen molar-refractivity contribution in [3.8, 4) is 11.4 Å². The lowest BCUT2D eigenvalue weighted by Crippen LogP contribution is -2.49. The van der Waals surface area contributed by atoms with Crippen LogP contribution in [0.2, 0.25) is 0 Å². The molecule has 7 heteroatoms. The van der Waals surface area contributed by atoms with E-state index in [9.17, 15) is 5.11 Å². The number of piperazine rings is 1. The van der Waals surface area contributed by atoms with Crippen LogP contribution >= 0.6 is 0 Å². The van der Waals surface area contributed by atoms with Crippen molar-refractivity contribution in [2.24, 2.45) is 0 Å². The molecule has 196 valence electrons. The normalized spacial score (nSPS) is 15.1. The quantitative estimate of drug-likeness (QED) is 0.298. The average Bonchev–Trinajstić information content (AvgIpc) is 2.92. The first-order valence-electron chi connectivity index (χ1n) is 12.9. The monoisotopic (exact) mass is 502 g/mol. The number of aliphatic hydroxyl groups excluding tert-OH is 1. The van der Waals surface area contributed by atoms with Crippen LogP contribution in [0.1, 0.15) is 22.4 Å². The van der Waals surface area contributed by atoms with Crippen molar-refractivity contribution in [2.45, 2.75) is 26.1 Å². The van der Waals surface area contributed by atoms with E-state index >= 15 is 0 Å². The van der Waals surface area contributed by atoms with E-state index in [0.29, 0.717) is 32.2 Å². The van der Waals surface area contributed by atoms with Gasteiger partial charge in [0.05, 0.1) is 31.6 Å². The van der Waals surface area contributed by atoms with Crippen LogP contribution in [0.4, 0.5) is 5.82 Å². The molecule has 2 aromatic carbocycles. The van der Waals surface area contributed by atoms with Gasteiger partial charge in [0.1, 0.15) is 5.82 Å². The number of hydrogen-bond donors (Lipinski definition) is 1. The summed E-state index contributed by atoms with van der Waals surface area (Å²) in [5.74, 6) is 1.68. The number of hydrogen-bond acceptors (Lipinski definition) is 7. The zero-order chi connectivity index (χ0) is 26.0. The molecule has 1 aliphatic rings. The number of ether oxygens (including phenoxy) is 2. The Morgan fingerprint density at radius 3 is 2.43 bits per heavy atom. The number of aliphatic hydroxyl groups is 1. The molecule has 2 heterocycles. The highest BCUT2D eigenvalue weighted by molar-refractivity contribution is 5.61. The van der Waals surface area contributed by atoms with Gasteiger partial charge in [0.15, 0.2) is 5.82 Å². The van der Waals surface area contributed by atoms with Crippen molar-refractivity contribution in [3.05, 3.63) is 89.6 Å². The summed E-state index contributed by atoms with van der Waals surface area (Å²) in [7, 11) is 1.71. The molecular formula is C30H38N4O3. The first-order chi connectivity index (χ1) is 18.1. The predicted molar refractivity (Wildman–Crippen MR) is 148 cm³/mol. The van der Waals surface area contributed by atoms with Crippen LogP contribution in [-0.4, -0.2) is 79.1 Å². The summed E-state index contributed by atoms with van der Waals surface area (Å²) in [5.41, 5.74) is 5.48. The summed E-state index contributed by atoms with van der Waals surface area (Å²) in [6, 6.07) is 18.8. The number of aromatic nitrogens is 2. The largest absolute Gasteiger partial charge is 0.389 e. The Labute approximate surface area is 220 Å². The van der Waals surface area contributed by atoms with Crippen LogP contribution < -0.4 is 4.90 Å². The summed E-state index contributed by atoms with van der Waals surface area (Å²) in [6.45, 7) is 10.9. The molecule has 1 atom stereocenters. The molecule has 1 N–H and O–H groups in total. The molecule has 0 radical (unpaired) electrons. The van der Waals surface area contributed by atoms with Crippen molar-refractivity contribution in [3.63, 3.8) is 0 Å². The first kappa shape index (κ1) is 26.9. The molecule has 37 heavy (non-hydrogen) atoms. The molecule has 1 fully saturated rings. The van der Waals surface area contributed by atoms with Gasteiger partial charge in [0.25, 0.3) is 0 Å². The molecule has 1 saturated heterocycles. The van der Waals surface area contributed by atoms with Gasteiger partial charge < -0.3 is 19.5 Å². The standard InChI is InChI=1S/C30H38N4O3/c1-4-18-37-21-26(35)20-33-14-16-34(17-15-33)30-27(19-24-12-10-23(2)11-13-24)28(22-36-3)31-29(32-30)25-8-6-5-7-9-25/h4-13,26,35H,1,14-22H2,2-3H3/t26-/m1/s1. The molecule has 4 rings (SSSR count). The maximum absolute atomic E-state index is 10.3. The predicted octanol–water partition coefficient (Wildman–Crippen LogP) is 3.87. The Morgan fingerprint density at radius 2 is 1.76 bits per heavy atom. The Balaban J connectivity index is 1.60. The highest BCUT2D eigenvalue weighted by Crippen LogP contribution is 2.29. The minimum atomic E-state index is -0.513. The fourth-order valence-electron chi connectivity index (χ4n) is 4.62. The van der Waals surface area contributed by atoms with E-state index in [-0.39, 0.29) is 0 Å². The van der Waals surface area contributed by atoms with Crippen molar-refractivity contribution in [1.82, 2.24) is 14.9 Å². The lowest BCUT2D eigenvalue weighted by molar-refractivity contribution is 0.0252. The van der Waals surface area contributed by atoms with Gasteiger partial charge in [-0.2, -0.15) is 0 Å². The fraction of sp³-hybridized carbons (Fsp3) is 0.400. The number of benzene rings is 2. The molecule has 0 bridgehead atoms. The summed E-state index contributed by atoms with van der Waals surface area (Å²) >= 11 is 0. The van der Waals surface area contributed by atoms with Gasteiger partial charge in [0, 0.05) is 57.4 Å². The van der Waals surface area contributed by atoms with E-state index in [1.54, 1.807) is 13.2 Å². The Bertz CT molecular complexity index is 1130. The van der Waals surface area contributed by atoms with Crippen LogP contribution in [0.3, 0.4) is 0 Å². The van der Waals surface area contributed by atoms with Crippen molar-refractivity contribution >= 4 is 5.82 Å². The average molecular weight is 503 g/mol. The third kappa shape index (κ3) is 7.46. The lowest BCUT2D eigenvalue weighted by atomic mass is 10.0. The first-order valence-corrected chi connectivity index (χ1v) is 12.9. The minimum Gasteiger partial charge on any atom is -0.389 e. The van der Waals surface area contributed by atoms with Gasteiger partial charge in [-0.15, -0.1) is 6.58 Å². The van der Waals surface area contributed by atoms with Gasteiger partial charge in [-0.3, -0.25) is 4.90 Å². The molecule has 0 saturated carbocycles. The van der Waals surface area contributed by atoms with Gasteiger partial charge in [0.2, 0.25) is 0 Å². The smallest absolute Gasteiger partial charge is 0.161 e. The summed E-state index contributed by atoms with van der Waals surface area (Å²) < 4.78 is 11.0. The third-order valence-corrected chi connectivity index (χ3v) is 6.57.